The number of likely N-dealkylation sites (tertiary alicyclic amines) is 1. The fourth-order valence-corrected chi connectivity index (χ4v) is 4.05. The van der Waals surface area contributed by atoms with Crippen molar-refractivity contribution in [3.63, 3.8) is 0 Å². The third-order valence-corrected chi connectivity index (χ3v) is 6.04. The summed E-state index contributed by atoms with van der Waals surface area (Å²) in [5.41, 5.74) is -0.186. The first kappa shape index (κ1) is 22.3. The molecule has 3 aromatic rings. The van der Waals surface area contributed by atoms with E-state index in [2.05, 4.69) is 15.3 Å². The Morgan fingerprint density at radius 1 is 1.16 bits per heavy atom. The van der Waals surface area contributed by atoms with Crippen molar-refractivity contribution in [2.24, 2.45) is 7.05 Å². The number of aromatic nitrogens is 3. The average Bonchev–Trinajstić information content (AvgIpc) is 3.07. The highest BCUT2D eigenvalue weighted by Crippen LogP contribution is 2.30. The Hall–Kier alpha value is -2.94. The van der Waals surface area contributed by atoms with E-state index in [4.69, 9.17) is 0 Å². The summed E-state index contributed by atoms with van der Waals surface area (Å²) in [5.74, 6) is -2.49. The zero-order valence-electron chi connectivity index (χ0n) is 18.3. The van der Waals surface area contributed by atoms with E-state index in [0.29, 0.717) is 0 Å². The summed E-state index contributed by atoms with van der Waals surface area (Å²) in [5, 5.41) is 4.30. The van der Waals surface area contributed by atoms with Gasteiger partial charge in [-0.15, -0.1) is 0 Å². The molecule has 9 heteroatoms. The topological polar surface area (TPSA) is 63.1 Å². The van der Waals surface area contributed by atoms with E-state index in [1.54, 1.807) is 18.5 Å². The normalized spacial score (nSPS) is 16.9. The maximum Gasteiger partial charge on any atom is 0.263 e. The number of piperidine rings is 1. The number of alkyl halides is 3. The summed E-state index contributed by atoms with van der Waals surface area (Å²) in [6.45, 7) is 2.53. The number of nitrogens with one attached hydrogen (secondary N) is 1. The van der Waals surface area contributed by atoms with Gasteiger partial charge < -0.3 is 9.88 Å². The highest BCUT2D eigenvalue weighted by molar-refractivity contribution is 5.98. The first-order valence-corrected chi connectivity index (χ1v) is 10.5. The lowest BCUT2D eigenvalue weighted by Gasteiger charge is -2.36. The largest absolute Gasteiger partial charge is 0.331 e. The number of hydrogen-bond acceptors (Lipinski definition) is 4. The number of imidazole rings is 1. The Kier molecular flexibility index (Phi) is 5.70. The predicted octanol–water partition coefficient (Wildman–Crippen LogP) is 4.34. The standard InChI is InChI=1S/C23H26F3N5O/c1-15-27-13-19(30(15)3)16-4-5-17-12-28-20(11-18(17)10-16)29-21(32)23(26)6-8-31(9-7-23)14-22(2,24)25/h4-5,10-13H,6-9,14H2,1-3H3,(H,28,29,32). The number of benzene rings is 1. The second kappa shape index (κ2) is 8.20. The summed E-state index contributed by atoms with van der Waals surface area (Å²) < 4.78 is 43.6. The van der Waals surface area contributed by atoms with Crippen LogP contribution in [-0.2, 0) is 11.8 Å². The van der Waals surface area contributed by atoms with Gasteiger partial charge in [-0.1, -0.05) is 12.1 Å². The van der Waals surface area contributed by atoms with Crippen molar-refractivity contribution in [3.05, 3.63) is 42.5 Å². The molecule has 0 bridgehead atoms. The van der Waals surface area contributed by atoms with E-state index in [1.807, 2.05) is 36.7 Å². The second-order valence-electron chi connectivity index (χ2n) is 8.65. The van der Waals surface area contributed by atoms with Gasteiger partial charge in [0.1, 0.15) is 11.6 Å². The van der Waals surface area contributed by atoms with Crippen LogP contribution in [0.2, 0.25) is 0 Å². The van der Waals surface area contributed by atoms with Crippen molar-refractivity contribution in [1.82, 2.24) is 19.4 Å². The van der Waals surface area contributed by atoms with Crippen LogP contribution in [0.15, 0.2) is 36.7 Å². The van der Waals surface area contributed by atoms with Crippen molar-refractivity contribution < 1.29 is 18.0 Å². The molecule has 1 aliphatic rings. The molecule has 1 saturated heterocycles. The van der Waals surface area contributed by atoms with E-state index in [9.17, 15) is 13.6 Å². The molecule has 1 fully saturated rings. The number of carbonyl (C=O) groups is 1. The Morgan fingerprint density at radius 2 is 1.88 bits per heavy atom. The molecule has 1 aliphatic heterocycles. The lowest BCUT2D eigenvalue weighted by atomic mass is 9.92. The van der Waals surface area contributed by atoms with Gasteiger partial charge in [-0.3, -0.25) is 9.69 Å². The van der Waals surface area contributed by atoms with Crippen molar-refractivity contribution in [3.8, 4) is 11.3 Å². The van der Waals surface area contributed by atoms with Gasteiger partial charge in [0.2, 0.25) is 0 Å². The molecule has 2 aromatic heterocycles. The number of pyridine rings is 1. The van der Waals surface area contributed by atoms with E-state index >= 15 is 4.39 Å². The molecule has 0 radical (unpaired) electrons. The van der Waals surface area contributed by atoms with Crippen LogP contribution in [0.25, 0.3) is 22.0 Å². The molecule has 0 saturated carbocycles. The van der Waals surface area contributed by atoms with Crippen LogP contribution in [0.1, 0.15) is 25.6 Å². The molecule has 6 nitrogen and oxygen atoms in total. The zero-order chi connectivity index (χ0) is 23.1. The minimum Gasteiger partial charge on any atom is -0.331 e. The molecule has 3 heterocycles. The van der Waals surface area contributed by atoms with E-state index in [-0.39, 0.29) is 31.7 Å². The van der Waals surface area contributed by atoms with Gasteiger partial charge >= 0.3 is 0 Å². The molecule has 1 amide bonds. The number of anilines is 1. The van der Waals surface area contributed by atoms with Gasteiger partial charge in [0.05, 0.1) is 18.4 Å². The van der Waals surface area contributed by atoms with Gasteiger partial charge in [-0.25, -0.2) is 23.1 Å². The predicted molar refractivity (Wildman–Crippen MR) is 117 cm³/mol. The van der Waals surface area contributed by atoms with E-state index < -0.39 is 24.0 Å². The third kappa shape index (κ3) is 4.62. The molecule has 0 unspecified atom stereocenters. The first-order valence-electron chi connectivity index (χ1n) is 10.5. The molecule has 170 valence electrons. The van der Waals surface area contributed by atoms with E-state index in [1.165, 1.54) is 4.90 Å². The Labute approximate surface area is 184 Å². The van der Waals surface area contributed by atoms with Crippen molar-refractivity contribution in [2.75, 3.05) is 25.0 Å². The number of nitrogens with zero attached hydrogens (tertiary/aromatic N) is 4. The van der Waals surface area contributed by atoms with Crippen LogP contribution in [-0.4, -0.2) is 56.6 Å². The Balaban J connectivity index is 1.49. The fourth-order valence-electron chi connectivity index (χ4n) is 4.05. The minimum absolute atomic E-state index is 0.103. The van der Waals surface area contributed by atoms with Gasteiger partial charge in [-0.2, -0.15) is 0 Å². The fraction of sp³-hybridized carbons (Fsp3) is 0.435. The summed E-state index contributed by atoms with van der Waals surface area (Å²) >= 11 is 0. The Bertz CT molecular complexity index is 1150. The van der Waals surface area contributed by atoms with Gasteiger partial charge in [-0.05, 0) is 24.4 Å². The molecule has 4 rings (SSSR count). The van der Waals surface area contributed by atoms with Gasteiger partial charge in [0.15, 0.2) is 5.67 Å². The number of fused-ring (bicyclic) bond motifs is 1. The summed E-state index contributed by atoms with van der Waals surface area (Å²) in [6.07, 6.45) is 3.16. The summed E-state index contributed by atoms with van der Waals surface area (Å²) in [7, 11) is 1.94. The van der Waals surface area contributed by atoms with Crippen LogP contribution >= 0.6 is 0 Å². The van der Waals surface area contributed by atoms with Gasteiger partial charge in [0, 0.05) is 57.0 Å². The molecule has 32 heavy (non-hydrogen) atoms. The second-order valence-corrected chi connectivity index (χ2v) is 8.65. The Morgan fingerprint density at radius 3 is 2.50 bits per heavy atom. The van der Waals surface area contributed by atoms with Crippen LogP contribution in [0.5, 0.6) is 0 Å². The first-order chi connectivity index (χ1) is 15.0. The molecule has 1 N–H and O–H groups in total. The van der Waals surface area contributed by atoms with Crippen LogP contribution in [0, 0.1) is 6.92 Å². The summed E-state index contributed by atoms with van der Waals surface area (Å²) in [6, 6.07) is 7.58. The van der Waals surface area contributed by atoms with Crippen LogP contribution in [0.4, 0.5) is 19.0 Å². The highest BCUT2D eigenvalue weighted by Gasteiger charge is 2.43. The molecular weight excluding hydrogens is 419 g/mol. The quantitative estimate of drug-likeness (QED) is 0.635. The lowest BCUT2D eigenvalue weighted by Crippen LogP contribution is -2.50. The van der Waals surface area contributed by atoms with E-state index in [0.717, 1.165) is 34.8 Å². The van der Waals surface area contributed by atoms with Crippen LogP contribution in [0.3, 0.4) is 0 Å². The maximum absolute atomic E-state index is 15.2. The monoisotopic (exact) mass is 445 g/mol. The smallest absolute Gasteiger partial charge is 0.263 e. The molecule has 1 aromatic carbocycles. The molecule has 0 spiro atoms. The molecule has 0 aliphatic carbocycles. The number of halogens is 3. The highest BCUT2D eigenvalue weighted by atomic mass is 19.3. The molecule has 0 atom stereocenters. The van der Waals surface area contributed by atoms with Crippen molar-refractivity contribution in [1.29, 1.82) is 0 Å². The number of rotatable bonds is 5. The number of carbonyl (C=O) groups excluding carboxylic acids is 1. The molecular formula is C23H26F3N5O. The maximum atomic E-state index is 15.2. The SMILES string of the molecule is Cc1ncc(-c2ccc3cnc(NC(=O)C4(F)CCN(CC(C)(F)F)CC4)cc3c2)n1C. The lowest BCUT2D eigenvalue weighted by molar-refractivity contribution is -0.131. The minimum atomic E-state index is -2.85. The number of amides is 1. The zero-order valence-corrected chi connectivity index (χ0v) is 18.3. The van der Waals surface area contributed by atoms with Gasteiger partial charge in [0.25, 0.3) is 11.8 Å². The van der Waals surface area contributed by atoms with Crippen molar-refractivity contribution >= 4 is 22.5 Å². The van der Waals surface area contributed by atoms with Crippen LogP contribution < -0.4 is 5.32 Å². The van der Waals surface area contributed by atoms with Crippen molar-refractivity contribution in [2.45, 2.75) is 38.3 Å². The summed E-state index contributed by atoms with van der Waals surface area (Å²) in [4.78, 5) is 22.7. The average molecular weight is 445 g/mol. The number of aryl methyl sites for hydroxylation is 1. The third-order valence-electron chi connectivity index (χ3n) is 6.04. The number of hydrogen-bond donors (Lipinski definition) is 1.